The first-order valence-electron chi connectivity index (χ1n) is 12.4. The van der Waals surface area contributed by atoms with Crippen LogP contribution in [0.3, 0.4) is 0 Å². The number of non-ortho nitro benzene ring substituents is 1. The molecule has 0 amide bonds. The molecule has 1 aliphatic rings. The van der Waals surface area contributed by atoms with Gasteiger partial charge in [-0.1, -0.05) is 35.6 Å². The number of hydrogen-bond acceptors (Lipinski definition) is 9. The monoisotopic (exact) mass is 559 g/mol. The molecule has 0 saturated heterocycles. The SMILES string of the molecule is CCOC(=O)C1=C(C)N=c2sc(=Cc3cccc([N+](=O)[O-])c3)c(=O)n2C1c1c(OC)ccc2ccc(OC)cc12. The lowest BCUT2D eigenvalue weighted by Gasteiger charge is -2.27. The van der Waals surface area contributed by atoms with Gasteiger partial charge in [0.1, 0.15) is 17.5 Å². The molecule has 0 N–H and O–H groups in total. The molecule has 0 radical (unpaired) electrons. The molecule has 2 heterocycles. The summed E-state index contributed by atoms with van der Waals surface area (Å²) in [6, 6.07) is 14.3. The second-order valence-corrected chi connectivity index (χ2v) is 9.93. The van der Waals surface area contributed by atoms with E-state index in [1.807, 2.05) is 24.3 Å². The maximum atomic E-state index is 14.0. The van der Waals surface area contributed by atoms with Gasteiger partial charge in [0, 0.05) is 17.7 Å². The van der Waals surface area contributed by atoms with Crippen molar-refractivity contribution in [1.82, 2.24) is 4.57 Å². The van der Waals surface area contributed by atoms with Gasteiger partial charge in [0.15, 0.2) is 4.80 Å². The molecule has 1 atom stereocenters. The molecule has 0 bridgehead atoms. The van der Waals surface area contributed by atoms with Crippen LogP contribution in [0.25, 0.3) is 16.8 Å². The van der Waals surface area contributed by atoms with Crippen LogP contribution in [0.4, 0.5) is 5.69 Å². The number of aromatic nitrogens is 1. The Hall–Kier alpha value is -4.77. The zero-order valence-corrected chi connectivity index (χ0v) is 23.0. The molecule has 1 aliphatic heterocycles. The van der Waals surface area contributed by atoms with Gasteiger partial charge in [-0.3, -0.25) is 19.5 Å². The third-order valence-electron chi connectivity index (χ3n) is 6.62. The van der Waals surface area contributed by atoms with Crippen LogP contribution >= 0.6 is 11.3 Å². The molecule has 0 saturated carbocycles. The lowest BCUT2D eigenvalue weighted by Crippen LogP contribution is -2.40. The predicted molar refractivity (Wildman–Crippen MR) is 151 cm³/mol. The molecule has 40 heavy (non-hydrogen) atoms. The summed E-state index contributed by atoms with van der Waals surface area (Å²) >= 11 is 1.13. The highest BCUT2D eigenvalue weighted by Gasteiger charge is 2.36. The first kappa shape index (κ1) is 26.8. The number of hydrogen-bond donors (Lipinski definition) is 0. The van der Waals surface area contributed by atoms with Gasteiger partial charge < -0.3 is 14.2 Å². The van der Waals surface area contributed by atoms with Crippen LogP contribution in [-0.4, -0.2) is 36.3 Å². The van der Waals surface area contributed by atoms with Crippen LogP contribution in [-0.2, 0) is 9.53 Å². The number of methoxy groups -OCH3 is 2. The maximum absolute atomic E-state index is 14.0. The second kappa shape index (κ2) is 10.8. The Morgan fingerprint density at radius 3 is 2.62 bits per heavy atom. The molecule has 0 spiro atoms. The molecular formula is C29H25N3O7S. The van der Waals surface area contributed by atoms with E-state index in [-0.39, 0.29) is 17.9 Å². The summed E-state index contributed by atoms with van der Waals surface area (Å²) in [6.45, 7) is 3.55. The smallest absolute Gasteiger partial charge is 0.338 e. The van der Waals surface area contributed by atoms with E-state index < -0.39 is 22.5 Å². The highest BCUT2D eigenvalue weighted by atomic mass is 32.1. The molecule has 204 valence electrons. The van der Waals surface area contributed by atoms with Gasteiger partial charge in [0.25, 0.3) is 11.2 Å². The average Bonchev–Trinajstić information content (AvgIpc) is 3.25. The maximum Gasteiger partial charge on any atom is 0.338 e. The fraction of sp³-hybridized carbons (Fsp3) is 0.207. The number of rotatable bonds is 7. The van der Waals surface area contributed by atoms with E-state index in [9.17, 15) is 19.7 Å². The predicted octanol–water partition coefficient (Wildman–Crippen LogP) is 3.88. The number of allylic oxidation sites excluding steroid dienone is 1. The number of benzene rings is 3. The van der Waals surface area contributed by atoms with E-state index in [4.69, 9.17) is 14.2 Å². The van der Waals surface area contributed by atoms with E-state index >= 15 is 0 Å². The Morgan fingerprint density at radius 2 is 1.93 bits per heavy atom. The van der Waals surface area contributed by atoms with E-state index in [0.717, 1.165) is 22.1 Å². The number of ether oxygens (including phenoxy) is 3. The number of carbonyl (C=O) groups excluding carboxylic acids is 1. The van der Waals surface area contributed by atoms with E-state index in [1.54, 1.807) is 45.2 Å². The van der Waals surface area contributed by atoms with Crippen LogP contribution in [0.15, 0.2) is 75.7 Å². The number of nitro groups is 1. The van der Waals surface area contributed by atoms with Gasteiger partial charge in [-0.05, 0) is 54.5 Å². The van der Waals surface area contributed by atoms with Crippen molar-refractivity contribution in [1.29, 1.82) is 0 Å². The highest BCUT2D eigenvalue weighted by Crippen LogP contribution is 2.41. The Kier molecular flexibility index (Phi) is 7.22. The van der Waals surface area contributed by atoms with Crippen molar-refractivity contribution in [2.45, 2.75) is 19.9 Å². The van der Waals surface area contributed by atoms with Crippen LogP contribution in [0.2, 0.25) is 0 Å². The summed E-state index contributed by atoms with van der Waals surface area (Å²) in [4.78, 5) is 43.2. The molecule has 5 rings (SSSR count). The molecule has 3 aromatic carbocycles. The van der Waals surface area contributed by atoms with Gasteiger partial charge in [0.2, 0.25) is 0 Å². The topological polar surface area (TPSA) is 122 Å². The van der Waals surface area contributed by atoms with Gasteiger partial charge in [0.05, 0.1) is 41.6 Å². The van der Waals surface area contributed by atoms with Crippen LogP contribution in [0.1, 0.15) is 31.0 Å². The molecule has 1 aromatic heterocycles. The summed E-state index contributed by atoms with van der Waals surface area (Å²) < 4.78 is 18.4. The van der Waals surface area contributed by atoms with Gasteiger partial charge >= 0.3 is 5.97 Å². The van der Waals surface area contributed by atoms with Crippen molar-refractivity contribution in [3.63, 3.8) is 0 Å². The fourth-order valence-electron chi connectivity index (χ4n) is 4.83. The number of carbonyl (C=O) groups is 1. The summed E-state index contributed by atoms with van der Waals surface area (Å²) in [5.74, 6) is 0.470. The zero-order chi connectivity index (χ0) is 28.6. The third kappa shape index (κ3) is 4.64. The summed E-state index contributed by atoms with van der Waals surface area (Å²) in [5, 5.41) is 12.9. The minimum absolute atomic E-state index is 0.0886. The molecule has 1 unspecified atom stereocenters. The Morgan fingerprint density at radius 1 is 1.15 bits per heavy atom. The van der Waals surface area contributed by atoms with E-state index in [0.29, 0.717) is 37.7 Å². The van der Waals surface area contributed by atoms with Crippen molar-refractivity contribution in [3.8, 4) is 11.5 Å². The van der Waals surface area contributed by atoms with E-state index in [2.05, 4.69) is 4.99 Å². The average molecular weight is 560 g/mol. The normalized spacial score (nSPS) is 15.0. The molecule has 0 aliphatic carbocycles. The van der Waals surface area contributed by atoms with Crippen molar-refractivity contribution >= 4 is 39.8 Å². The summed E-state index contributed by atoms with van der Waals surface area (Å²) in [6.07, 6.45) is 1.58. The molecular weight excluding hydrogens is 534 g/mol. The first-order chi connectivity index (χ1) is 19.3. The van der Waals surface area contributed by atoms with E-state index in [1.165, 1.54) is 23.8 Å². The minimum atomic E-state index is -0.923. The number of nitrogens with zero attached hydrogens (tertiary/aromatic N) is 3. The zero-order valence-electron chi connectivity index (χ0n) is 22.2. The fourth-order valence-corrected chi connectivity index (χ4v) is 5.88. The number of fused-ring (bicyclic) bond motifs is 2. The molecule has 0 fully saturated rings. The lowest BCUT2D eigenvalue weighted by atomic mass is 9.90. The Bertz CT molecular complexity index is 1880. The summed E-state index contributed by atoms with van der Waals surface area (Å²) in [5.41, 5.74) is 1.20. The van der Waals surface area contributed by atoms with Gasteiger partial charge in [-0.15, -0.1) is 0 Å². The van der Waals surface area contributed by atoms with Crippen molar-refractivity contribution in [2.24, 2.45) is 4.99 Å². The minimum Gasteiger partial charge on any atom is -0.497 e. The first-order valence-corrected chi connectivity index (χ1v) is 13.2. The number of nitro benzene ring substituents is 1. The summed E-state index contributed by atoms with van der Waals surface area (Å²) in [7, 11) is 3.09. The van der Waals surface area contributed by atoms with Crippen LogP contribution in [0.5, 0.6) is 11.5 Å². The van der Waals surface area contributed by atoms with Crippen molar-refractivity contribution in [3.05, 3.63) is 107 Å². The second-order valence-electron chi connectivity index (χ2n) is 8.92. The standard InChI is InChI=1S/C29H25N3O7S/c1-5-39-28(34)24-16(2)30-29-31(27(33)23(40-29)14-17-7-6-8-19(13-17)32(35)36)26(24)25-21-15-20(37-3)11-9-18(21)10-12-22(25)38-4/h6-15,26H,5H2,1-4H3. The Balaban J connectivity index is 1.85. The van der Waals surface area contributed by atoms with Crippen molar-refractivity contribution in [2.75, 3.05) is 20.8 Å². The third-order valence-corrected chi connectivity index (χ3v) is 7.60. The molecule has 10 nitrogen and oxygen atoms in total. The van der Waals surface area contributed by atoms with Crippen LogP contribution < -0.4 is 24.4 Å². The highest BCUT2D eigenvalue weighted by molar-refractivity contribution is 7.07. The molecule has 11 heteroatoms. The molecule has 4 aromatic rings. The number of esters is 1. The Labute approximate surface area is 232 Å². The van der Waals surface area contributed by atoms with Crippen LogP contribution in [0, 0.1) is 10.1 Å². The number of thiazole rings is 1. The quantitative estimate of drug-likeness (QED) is 0.191. The van der Waals surface area contributed by atoms with Gasteiger partial charge in [-0.25, -0.2) is 9.79 Å². The lowest BCUT2D eigenvalue weighted by molar-refractivity contribution is -0.384. The largest absolute Gasteiger partial charge is 0.497 e. The van der Waals surface area contributed by atoms with Crippen molar-refractivity contribution < 1.29 is 23.9 Å². The van der Waals surface area contributed by atoms with Gasteiger partial charge in [-0.2, -0.15) is 0 Å².